The van der Waals surface area contributed by atoms with E-state index in [9.17, 15) is 9.59 Å². The van der Waals surface area contributed by atoms with Gasteiger partial charge < -0.3 is 34.2 Å². The van der Waals surface area contributed by atoms with E-state index in [0.29, 0.717) is 59.3 Å². The molecule has 0 bridgehead atoms. The van der Waals surface area contributed by atoms with Crippen LogP contribution in [-0.4, -0.2) is 104 Å². The van der Waals surface area contributed by atoms with Crippen LogP contribution in [0.4, 0.5) is 0 Å². The number of methoxy groups -OCH3 is 2. The van der Waals surface area contributed by atoms with Crippen LogP contribution < -0.4 is 31.2 Å². The summed E-state index contributed by atoms with van der Waals surface area (Å²) in [4.78, 5) is 28.0. The predicted molar refractivity (Wildman–Crippen MR) is 161 cm³/mol. The molecule has 41 heavy (non-hydrogen) atoms. The molecular weight excluding hydrogens is 572 g/mol. The second kappa shape index (κ2) is 17.8. The second-order valence-electron chi connectivity index (χ2n) is 8.37. The lowest BCUT2D eigenvalue weighted by Gasteiger charge is -2.29. The molecule has 15 heteroatoms. The lowest BCUT2D eigenvalue weighted by molar-refractivity contribution is 0.0669. The first-order chi connectivity index (χ1) is 19.4. The first-order valence-corrected chi connectivity index (χ1v) is 13.4. The van der Waals surface area contributed by atoms with Crippen molar-refractivity contribution in [1.82, 2.24) is 31.5 Å². The van der Waals surface area contributed by atoms with Crippen molar-refractivity contribution in [2.75, 3.05) is 66.8 Å². The molecule has 0 atom stereocenters. The molecule has 13 nitrogen and oxygen atoms in total. The van der Waals surface area contributed by atoms with Gasteiger partial charge in [0.15, 0.2) is 10.2 Å². The fourth-order valence-corrected chi connectivity index (χ4v) is 4.18. The van der Waals surface area contributed by atoms with Crippen molar-refractivity contribution < 1.29 is 34.0 Å². The zero-order chi connectivity index (χ0) is 28.7. The Balaban J connectivity index is 0.000000280. The number of carbonyl (C=O) groups is 2. The van der Waals surface area contributed by atoms with Crippen molar-refractivity contribution in [2.24, 2.45) is 0 Å². The van der Waals surface area contributed by atoms with Gasteiger partial charge >= 0.3 is 0 Å². The summed E-state index contributed by atoms with van der Waals surface area (Å²) in [5.41, 5.74) is 11.6. The summed E-state index contributed by atoms with van der Waals surface area (Å²) >= 11 is 10.4. The molecule has 0 saturated carbocycles. The quantitative estimate of drug-likeness (QED) is 0.278. The van der Waals surface area contributed by atoms with E-state index >= 15 is 0 Å². The Labute approximate surface area is 249 Å². The lowest BCUT2D eigenvalue weighted by atomic mass is 10.2. The van der Waals surface area contributed by atoms with E-state index in [-0.39, 0.29) is 17.3 Å². The van der Waals surface area contributed by atoms with Crippen molar-refractivity contribution in [3.05, 3.63) is 59.7 Å². The number of ether oxygens (including phenoxy) is 4. The molecule has 4 rings (SSSR count). The first kappa shape index (κ1) is 33.4. The number of para-hydroxylation sites is 2. The molecule has 6 N–H and O–H groups in total. The highest BCUT2D eigenvalue weighted by atomic mass is 32.1. The molecule has 0 unspecified atom stereocenters. The van der Waals surface area contributed by atoms with Gasteiger partial charge in [-0.05, 0) is 48.7 Å². The molecule has 2 amide bonds. The monoisotopic (exact) mass is 608 g/mol. The van der Waals surface area contributed by atoms with E-state index in [4.69, 9.17) is 43.4 Å². The van der Waals surface area contributed by atoms with Crippen LogP contribution in [0.15, 0.2) is 48.5 Å². The van der Waals surface area contributed by atoms with Crippen LogP contribution in [0.3, 0.4) is 0 Å². The van der Waals surface area contributed by atoms with Crippen LogP contribution >= 0.6 is 24.4 Å². The Bertz CT molecular complexity index is 1070. The molecule has 2 fully saturated rings. The molecule has 2 aromatic carbocycles. The van der Waals surface area contributed by atoms with Gasteiger partial charge in [0.2, 0.25) is 0 Å². The van der Waals surface area contributed by atoms with Gasteiger partial charge in [0, 0.05) is 26.2 Å². The van der Waals surface area contributed by atoms with Crippen LogP contribution in [0.25, 0.3) is 0 Å². The van der Waals surface area contributed by atoms with Gasteiger partial charge in [-0.2, -0.15) is 0 Å². The number of rotatable bonds is 4. The third-order valence-electron chi connectivity index (χ3n) is 5.87. The molecule has 0 spiro atoms. The maximum Gasteiger partial charge on any atom is 0.273 e. The Morgan fingerprint density at radius 2 is 1.00 bits per heavy atom. The molecule has 2 saturated heterocycles. The third kappa shape index (κ3) is 10.3. The van der Waals surface area contributed by atoms with Crippen LogP contribution in [0.1, 0.15) is 20.7 Å². The maximum absolute atomic E-state index is 12.1. The molecule has 0 aliphatic carbocycles. The van der Waals surface area contributed by atoms with Crippen molar-refractivity contribution in [1.29, 1.82) is 0 Å². The summed E-state index contributed by atoms with van der Waals surface area (Å²) in [6.07, 6.45) is 0. The molecule has 2 aliphatic rings. The number of carbonyl (C=O) groups excluding carboxylic acids is 2. The number of hydrogen-bond acceptors (Lipinski definition) is 8. The Hall–Kier alpha value is -3.76. The van der Waals surface area contributed by atoms with Crippen LogP contribution in [0.5, 0.6) is 11.5 Å². The highest BCUT2D eigenvalue weighted by Gasteiger charge is 2.17. The summed E-state index contributed by atoms with van der Waals surface area (Å²) in [5, 5.41) is 0.966. The van der Waals surface area contributed by atoms with Crippen LogP contribution in [-0.2, 0) is 9.47 Å². The minimum Gasteiger partial charge on any atom is -0.496 e. The fraction of sp³-hybridized carbons (Fsp3) is 0.385. The van der Waals surface area contributed by atoms with Gasteiger partial charge in [0.05, 0.1) is 51.8 Å². The van der Waals surface area contributed by atoms with E-state index in [1.165, 1.54) is 14.2 Å². The first-order valence-electron chi connectivity index (χ1n) is 12.6. The van der Waals surface area contributed by atoms with Gasteiger partial charge in [-0.3, -0.25) is 31.3 Å². The smallest absolute Gasteiger partial charge is 0.273 e. The second-order valence-corrected chi connectivity index (χ2v) is 9.14. The summed E-state index contributed by atoms with van der Waals surface area (Å²) in [7, 11) is 3.05. The zero-order valence-electron chi connectivity index (χ0n) is 22.9. The lowest BCUT2D eigenvalue weighted by Crippen LogP contribution is -2.51. The van der Waals surface area contributed by atoms with Gasteiger partial charge in [0.1, 0.15) is 11.5 Å². The normalized spacial score (nSPS) is 14.2. The predicted octanol–water partition coefficient (Wildman–Crippen LogP) is 0.269. The third-order valence-corrected chi connectivity index (χ3v) is 6.59. The average Bonchev–Trinajstić information content (AvgIpc) is 3.03. The summed E-state index contributed by atoms with van der Waals surface area (Å²) in [5.74, 6) is 0.448. The fourth-order valence-electron chi connectivity index (χ4n) is 3.71. The molecular formula is C26H36N6O7S2. The number of thiocarbonyl (C=S) groups is 2. The van der Waals surface area contributed by atoms with Gasteiger partial charge in [-0.1, -0.05) is 24.3 Å². The number of hydrazine groups is 2. The number of nitrogens with zero attached hydrogens (tertiary/aromatic N) is 2. The average molecular weight is 609 g/mol. The van der Waals surface area contributed by atoms with Crippen molar-refractivity contribution in [3.8, 4) is 11.5 Å². The van der Waals surface area contributed by atoms with E-state index < -0.39 is 0 Å². The molecule has 0 aromatic heterocycles. The van der Waals surface area contributed by atoms with Gasteiger partial charge in [-0.25, -0.2) is 0 Å². The molecule has 0 radical (unpaired) electrons. The molecule has 2 aromatic rings. The number of nitrogens with one attached hydrogen (secondary N) is 4. The van der Waals surface area contributed by atoms with Crippen molar-refractivity contribution in [3.63, 3.8) is 0 Å². The Kier molecular flexibility index (Phi) is 14.5. The number of hydrogen-bond donors (Lipinski definition) is 4. The Morgan fingerprint density at radius 1 is 0.659 bits per heavy atom. The molecule has 2 heterocycles. The summed E-state index contributed by atoms with van der Waals surface area (Å²) in [6.45, 7) is 5.44. The largest absolute Gasteiger partial charge is 0.496 e. The number of amides is 2. The molecule has 2 aliphatic heterocycles. The SMILES string of the molecule is COc1ccccc1C(=O)NNC(=S)N1CCOCC1.COc1ccccc1C(=O)NNC(=S)N1CCOCC1.O. The van der Waals surface area contributed by atoms with Crippen molar-refractivity contribution in [2.45, 2.75) is 0 Å². The highest BCUT2D eigenvalue weighted by molar-refractivity contribution is 7.80. The highest BCUT2D eigenvalue weighted by Crippen LogP contribution is 2.17. The van der Waals surface area contributed by atoms with E-state index in [2.05, 4.69) is 21.7 Å². The number of benzene rings is 2. The Morgan fingerprint density at radius 3 is 1.34 bits per heavy atom. The van der Waals surface area contributed by atoms with Crippen molar-refractivity contribution >= 4 is 46.5 Å². The minimum absolute atomic E-state index is 0. The topological polar surface area (TPSA) is 157 Å². The van der Waals surface area contributed by atoms with E-state index in [1.54, 1.807) is 48.5 Å². The van der Waals surface area contributed by atoms with Crippen LogP contribution in [0, 0.1) is 0 Å². The molecule has 224 valence electrons. The maximum atomic E-state index is 12.1. The number of morpholine rings is 2. The summed E-state index contributed by atoms with van der Waals surface area (Å²) < 4.78 is 20.8. The van der Waals surface area contributed by atoms with Gasteiger partial charge in [-0.15, -0.1) is 0 Å². The standard InChI is InChI=1S/2C13H17N3O3S.H2O/c2*1-18-11-5-3-2-4-10(11)12(17)14-15-13(20)16-6-8-19-9-7-16;/h2*2-5H,6-9H2,1H3,(H,14,17)(H,15,20);1H2. The van der Waals surface area contributed by atoms with E-state index in [0.717, 1.165) is 26.2 Å². The summed E-state index contributed by atoms with van der Waals surface area (Å²) in [6, 6.07) is 14.0. The van der Waals surface area contributed by atoms with Crippen LogP contribution in [0.2, 0.25) is 0 Å². The minimum atomic E-state index is -0.293. The zero-order valence-corrected chi connectivity index (χ0v) is 24.6. The van der Waals surface area contributed by atoms with Gasteiger partial charge in [0.25, 0.3) is 11.8 Å². The van der Waals surface area contributed by atoms with E-state index in [1.807, 2.05) is 9.80 Å².